The van der Waals surface area contributed by atoms with Gasteiger partial charge in [-0.15, -0.1) is 23.4 Å². The molecule has 0 saturated carbocycles. The number of nitrogens with one attached hydrogen (secondary N) is 1. The molecule has 2 unspecified atom stereocenters. The first kappa shape index (κ1) is 13.2. The fraction of sp³-hybridized carbons (Fsp3) is 0.909. The van der Waals surface area contributed by atoms with Crippen molar-refractivity contribution < 1.29 is 4.79 Å². The Morgan fingerprint density at radius 2 is 2.47 bits per heavy atom. The van der Waals surface area contributed by atoms with E-state index >= 15 is 0 Å². The van der Waals surface area contributed by atoms with Crippen LogP contribution in [0.1, 0.15) is 32.6 Å². The van der Waals surface area contributed by atoms with E-state index in [1.54, 1.807) is 11.8 Å². The van der Waals surface area contributed by atoms with Gasteiger partial charge in [-0.1, -0.05) is 13.3 Å². The zero-order valence-electron chi connectivity index (χ0n) is 9.30. The minimum atomic E-state index is 0.207. The van der Waals surface area contributed by atoms with E-state index < -0.39 is 0 Å². The molecule has 0 spiro atoms. The summed E-state index contributed by atoms with van der Waals surface area (Å²) >= 11 is 7.49. The van der Waals surface area contributed by atoms with Gasteiger partial charge in [-0.3, -0.25) is 4.79 Å². The average molecular weight is 250 g/mol. The quantitative estimate of drug-likeness (QED) is 0.734. The van der Waals surface area contributed by atoms with Gasteiger partial charge in [0.25, 0.3) is 0 Å². The van der Waals surface area contributed by atoms with Crippen LogP contribution in [-0.2, 0) is 4.79 Å². The lowest BCUT2D eigenvalue weighted by Crippen LogP contribution is -2.35. The minimum Gasteiger partial charge on any atom is -0.355 e. The van der Waals surface area contributed by atoms with Crippen molar-refractivity contribution in [3.05, 3.63) is 0 Å². The second-order valence-corrected chi connectivity index (χ2v) is 5.69. The molecule has 88 valence electrons. The van der Waals surface area contributed by atoms with E-state index in [1.165, 1.54) is 6.42 Å². The van der Waals surface area contributed by atoms with Gasteiger partial charge in [-0.05, 0) is 30.9 Å². The van der Waals surface area contributed by atoms with Gasteiger partial charge in [0.2, 0.25) is 5.91 Å². The first-order valence-corrected chi connectivity index (χ1v) is 7.31. The van der Waals surface area contributed by atoms with Gasteiger partial charge in [-0.25, -0.2) is 0 Å². The van der Waals surface area contributed by atoms with Crippen LogP contribution in [0.25, 0.3) is 0 Å². The summed E-state index contributed by atoms with van der Waals surface area (Å²) in [4.78, 5) is 11.7. The van der Waals surface area contributed by atoms with Crippen molar-refractivity contribution >= 4 is 29.3 Å². The Hall–Kier alpha value is 0.110. The molecule has 4 heteroatoms. The van der Waals surface area contributed by atoms with Crippen LogP contribution in [0, 0.1) is 5.92 Å². The molecule has 1 aliphatic heterocycles. The van der Waals surface area contributed by atoms with Crippen molar-refractivity contribution in [3.63, 3.8) is 0 Å². The van der Waals surface area contributed by atoms with E-state index in [-0.39, 0.29) is 11.2 Å². The van der Waals surface area contributed by atoms with Gasteiger partial charge in [0, 0.05) is 12.4 Å². The maximum atomic E-state index is 11.7. The van der Waals surface area contributed by atoms with Gasteiger partial charge in [0.05, 0.1) is 5.25 Å². The van der Waals surface area contributed by atoms with Gasteiger partial charge >= 0.3 is 0 Å². The van der Waals surface area contributed by atoms with Crippen molar-refractivity contribution in [2.24, 2.45) is 5.92 Å². The molecule has 0 aromatic heterocycles. The summed E-state index contributed by atoms with van der Waals surface area (Å²) in [6.07, 6.45) is 4.31. The highest BCUT2D eigenvalue weighted by atomic mass is 35.5. The number of carbonyl (C=O) groups excluding carboxylic acids is 1. The molecule has 1 fully saturated rings. The first-order valence-electron chi connectivity index (χ1n) is 5.73. The highest BCUT2D eigenvalue weighted by Crippen LogP contribution is 2.26. The van der Waals surface area contributed by atoms with Crippen LogP contribution in [0.4, 0.5) is 0 Å². The third-order valence-corrected chi connectivity index (χ3v) is 4.48. The second kappa shape index (κ2) is 7.39. The number of thioether (sulfide) groups is 1. The van der Waals surface area contributed by atoms with Crippen molar-refractivity contribution in [2.75, 3.05) is 18.2 Å². The topological polar surface area (TPSA) is 29.1 Å². The number of rotatable bonds is 6. The van der Waals surface area contributed by atoms with Crippen LogP contribution in [-0.4, -0.2) is 29.3 Å². The second-order valence-electron chi connectivity index (χ2n) is 4.00. The fourth-order valence-electron chi connectivity index (χ4n) is 1.75. The Labute approximate surface area is 102 Å². The van der Waals surface area contributed by atoms with E-state index in [2.05, 4.69) is 12.2 Å². The Kier molecular flexibility index (Phi) is 6.50. The van der Waals surface area contributed by atoms with Crippen LogP contribution in [0.3, 0.4) is 0 Å². The van der Waals surface area contributed by atoms with Gasteiger partial charge in [0.1, 0.15) is 0 Å². The van der Waals surface area contributed by atoms with E-state index in [9.17, 15) is 4.79 Å². The van der Waals surface area contributed by atoms with Gasteiger partial charge < -0.3 is 5.32 Å². The lowest BCUT2D eigenvalue weighted by atomic mass is 10.0. The molecule has 0 aromatic rings. The summed E-state index contributed by atoms with van der Waals surface area (Å²) in [5, 5.41) is 3.25. The molecule has 1 aliphatic rings. The number of hydrogen-bond donors (Lipinski definition) is 1. The summed E-state index contributed by atoms with van der Waals surface area (Å²) in [6, 6.07) is 0. The first-order chi connectivity index (χ1) is 7.27. The standard InChI is InChI=1S/C11H20ClNOS/c1-2-9(5-6-12)8-13-11(14)10-4-3-7-15-10/h9-10H,2-8H2,1H3,(H,13,14). The monoisotopic (exact) mass is 249 g/mol. The van der Waals surface area contributed by atoms with E-state index in [0.717, 1.165) is 31.6 Å². The largest absolute Gasteiger partial charge is 0.355 e. The molecule has 1 heterocycles. The predicted octanol–water partition coefficient (Wildman–Crippen LogP) is 2.65. The molecule has 2 atom stereocenters. The summed E-state index contributed by atoms with van der Waals surface area (Å²) in [5.74, 6) is 2.59. The predicted molar refractivity (Wildman–Crippen MR) is 67.6 cm³/mol. The fourth-order valence-corrected chi connectivity index (χ4v) is 3.24. The molecule has 2 nitrogen and oxygen atoms in total. The van der Waals surface area contributed by atoms with Crippen molar-refractivity contribution in [1.29, 1.82) is 0 Å². The summed E-state index contributed by atoms with van der Waals surface area (Å²) in [7, 11) is 0. The molecule has 1 N–H and O–H groups in total. The normalized spacial score (nSPS) is 22.7. The average Bonchev–Trinajstić information content (AvgIpc) is 2.77. The molecule has 1 amide bonds. The number of halogens is 1. The van der Waals surface area contributed by atoms with Crippen LogP contribution in [0.15, 0.2) is 0 Å². The number of alkyl halides is 1. The minimum absolute atomic E-state index is 0.207. The third kappa shape index (κ3) is 4.64. The summed E-state index contributed by atoms with van der Waals surface area (Å²) in [6.45, 7) is 2.94. The smallest absolute Gasteiger partial charge is 0.233 e. The van der Waals surface area contributed by atoms with Crippen LogP contribution >= 0.6 is 23.4 Å². The van der Waals surface area contributed by atoms with Crippen molar-refractivity contribution in [3.8, 4) is 0 Å². The number of amides is 1. The van der Waals surface area contributed by atoms with Gasteiger partial charge in [-0.2, -0.15) is 0 Å². The van der Waals surface area contributed by atoms with Crippen LogP contribution in [0.5, 0.6) is 0 Å². The van der Waals surface area contributed by atoms with Crippen molar-refractivity contribution in [2.45, 2.75) is 37.9 Å². The highest BCUT2D eigenvalue weighted by molar-refractivity contribution is 8.00. The zero-order chi connectivity index (χ0) is 11.1. The molecule has 1 saturated heterocycles. The Morgan fingerprint density at radius 3 is 3.00 bits per heavy atom. The van der Waals surface area contributed by atoms with Crippen LogP contribution in [0.2, 0.25) is 0 Å². The molecule has 0 radical (unpaired) electrons. The molecule has 0 aromatic carbocycles. The molecule has 0 aliphatic carbocycles. The molecule has 1 rings (SSSR count). The van der Waals surface area contributed by atoms with E-state index in [4.69, 9.17) is 11.6 Å². The molecule has 0 bridgehead atoms. The number of hydrogen-bond acceptors (Lipinski definition) is 2. The third-order valence-electron chi connectivity index (χ3n) is 2.88. The highest BCUT2D eigenvalue weighted by Gasteiger charge is 2.23. The molecule has 15 heavy (non-hydrogen) atoms. The lowest BCUT2D eigenvalue weighted by molar-refractivity contribution is -0.120. The zero-order valence-corrected chi connectivity index (χ0v) is 10.9. The maximum Gasteiger partial charge on any atom is 0.233 e. The van der Waals surface area contributed by atoms with E-state index in [0.29, 0.717) is 11.8 Å². The Balaban J connectivity index is 2.19. The summed E-state index contributed by atoms with van der Waals surface area (Å²) in [5.41, 5.74) is 0. The van der Waals surface area contributed by atoms with Gasteiger partial charge in [0.15, 0.2) is 0 Å². The molecular formula is C11H20ClNOS. The lowest BCUT2D eigenvalue weighted by Gasteiger charge is -2.16. The molecular weight excluding hydrogens is 230 g/mol. The Bertz CT molecular complexity index is 195. The number of carbonyl (C=O) groups is 1. The Morgan fingerprint density at radius 1 is 1.67 bits per heavy atom. The van der Waals surface area contributed by atoms with Crippen LogP contribution < -0.4 is 5.32 Å². The van der Waals surface area contributed by atoms with E-state index in [1.807, 2.05) is 0 Å². The summed E-state index contributed by atoms with van der Waals surface area (Å²) < 4.78 is 0. The SMILES string of the molecule is CCC(CCCl)CNC(=O)C1CCCS1. The van der Waals surface area contributed by atoms with Crippen molar-refractivity contribution in [1.82, 2.24) is 5.32 Å². The maximum absolute atomic E-state index is 11.7.